The maximum absolute atomic E-state index is 13.0. The summed E-state index contributed by atoms with van der Waals surface area (Å²) in [6, 6.07) is 11.7. The van der Waals surface area contributed by atoms with Crippen molar-refractivity contribution in [2.75, 3.05) is 20.2 Å². The van der Waals surface area contributed by atoms with E-state index in [4.69, 9.17) is 4.74 Å². The fourth-order valence-corrected chi connectivity index (χ4v) is 3.42. The molecule has 5 heteroatoms. The van der Waals surface area contributed by atoms with Crippen LogP contribution in [0.4, 0.5) is 0 Å². The van der Waals surface area contributed by atoms with Gasteiger partial charge in [-0.15, -0.1) is 0 Å². The third kappa shape index (κ3) is 4.74. The lowest BCUT2D eigenvalue weighted by Crippen LogP contribution is -2.47. The van der Waals surface area contributed by atoms with Crippen LogP contribution in [0.5, 0.6) is 5.75 Å². The van der Waals surface area contributed by atoms with E-state index >= 15 is 0 Å². The summed E-state index contributed by atoms with van der Waals surface area (Å²) in [4.78, 5) is 19.1. The number of carbonyl (C=O) groups excluding carboxylic acids is 1. The summed E-state index contributed by atoms with van der Waals surface area (Å²) in [7, 11) is 1.66. The Balaban J connectivity index is 1.62. The lowest BCUT2D eigenvalue weighted by Gasteiger charge is -2.31. The van der Waals surface area contributed by atoms with Gasteiger partial charge >= 0.3 is 0 Å². The molecule has 2 heterocycles. The van der Waals surface area contributed by atoms with E-state index in [0.717, 1.165) is 35.4 Å². The van der Waals surface area contributed by atoms with Crippen molar-refractivity contribution < 1.29 is 9.53 Å². The summed E-state index contributed by atoms with van der Waals surface area (Å²) in [5.41, 5.74) is 3.35. The first-order valence-electron chi connectivity index (χ1n) is 9.36. The SMILES string of the molecule is COc1cccc([C@H](C)N[C@H](C)C(=O)N2CCC=C(c3cccnc3)C2)c1. The van der Waals surface area contributed by atoms with Crippen LogP contribution in [0, 0.1) is 0 Å². The van der Waals surface area contributed by atoms with Crippen molar-refractivity contribution in [2.45, 2.75) is 32.4 Å². The second kappa shape index (κ2) is 8.82. The predicted molar refractivity (Wildman–Crippen MR) is 107 cm³/mol. The first-order chi connectivity index (χ1) is 13.1. The molecule has 0 radical (unpaired) electrons. The second-order valence-electron chi connectivity index (χ2n) is 6.91. The van der Waals surface area contributed by atoms with Crippen LogP contribution >= 0.6 is 0 Å². The van der Waals surface area contributed by atoms with Crippen molar-refractivity contribution in [3.8, 4) is 5.75 Å². The Morgan fingerprint density at radius 3 is 2.85 bits per heavy atom. The molecule has 2 atom stereocenters. The topological polar surface area (TPSA) is 54.5 Å². The average molecular weight is 365 g/mol. The van der Waals surface area contributed by atoms with E-state index in [1.807, 2.05) is 54.4 Å². The minimum atomic E-state index is -0.264. The molecular formula is C22H27N3O2. The number of rotatable bonds is 6. The van der Waals surface area contributed by atoms with E-state index in [1.165, 1.54) is 0 Å². The van der Waals surface area contributed by atoms with Gasteiger partial charge in [0.1, 0.15) is 5.75 Å². The molecule has 1 aromatic heterocycles. The molecule has 27 heavy (non-hydrogen) atoms. The van der Waals surface area contributed by atoms with Gasteiger partial charge in [-0.05, 0) is 55.2 Å². The zero-order chi connectivity index (χ0) is 19.2. The van der Waals surface area contributed by atoms with E-state index in [0.29, 0.717) is 6.54 Å². The number of carbonyl (C=O) groups is 1. The number of benzene rings is 1. The Morgan fingerprint density at radius 2 is 2.11 bits per heavy atom. The van der Waals surface area contributed by atoms with Crippen molar-refractivity contribution in [3.63, 3.8) is 0 Å². The summed E-state index contributed by atoms with van der Waals surface area (Å²) in [5.74, 6) is 0.946. The minimum absolute atomic E-state index is 0.0529. The molecule has 0 unspecified atom stereocenters. The quantitative estimate of drug-likeness (QED) is 0.852. The van der Waals surface area contributed by atoms with Crippen LogP contribution < -0.4 is 10.1 Å². The van der Waals surface area contributed by atoms with Gasteiger partial charge in [0, 0.05) is 31.5 Å². The highest BCUT2D eigenvalue weighted by Gasteiger charge is 2.25. The Morgan fingerprint density at radius 1 is 1.26 bits per heavy atom. The lowest BCUT2D eigenvalue weighted by atomic mass is 10.0. The third-order valence-electron chi connectivity index (χ3n) is 4.96. The normalized spacial score (nSPS) is 16.4. The van der Waals surface area contributed by atoms with Gasteiger partial charge in [-0.3, -0.25) is 15.1 Å². The van der Waals surface area contributed by atoms with Gasteiger partial charge in [0.15, 0.2) is 0 Å². The molecule has 5 nitrogen and oxygen atoms in total. The van der Waals surface area contributed by atoms with E-state index in [9.17, 15) is 4.79 Å². The van der Waals surface area contributed by atoms with E-state index < -0.39 is 0 Å². The molecule has 1 amide bonds. The highest BCUT2D eigenvalue weighted by atomic mass is 16.5. The smallest absolute Gasteiger partial charge is 0.239 e. The van der Waals surface area contributed by atoms with Crippen LogP contribution in [-0.4, -0.2) is 42.0 Å². The molecule has 0 bridgehead atoms. The number of nitrogens with one attached hydrogen (secondary N) is 1. The summed E-state index contributed by atoms with van der Waals surface area (Å²) in [6.45, 7) is 5.38. The molecule has 0 aliphatic carbocycles. The van der Waals surface area contributed by atoms with Gasteiger partial charge in [-0.2, -0.15) is 0 Å². The number of nitrogens with zero attached hydrogens (tertiary/aromatic N) is 2. The van der Waals surface area contributed by atoms with Crippen molar-refractivity contribution in [1.29, 1.82) is 0 Å². The standard InChI is InChI=1S/C22H27N3O2/c1-16(18-7-4-10-21(13-18)27-3)24-17(2)22(26)25-12-6-9-20(15-25)19-8-5-11-23-14-19/h4-5,7-11,13-14,16-17,24H,6,12,15H2,1-3H3/t16-,17+/m0/s1. The number of hydrogen-bond donors (Lipinski definition) is 1. The molecule has 142 valence electrons. The summed E-state index contributed by atoms with van der Waals surface area (Å²) in [5, 5.41) is 3.42. The molecule has 0 fully saturated rings. The number of hydrogen-bond acceptors (Lipinski definition) is 4. The average Bonchev–Trinajstić information content (AvgIpc) is 2.73. The van der Waals surface area contributed by atoms with Gasteiger partial charge < -0.3 is 9.64 Å². The first kappa shape index (κ1) is 19.1. The Bertz CT molecular complexity index is 804. The third-order valence-corrected chi connectivity index (χ3v) is 4.96. The maximum Gasteiger partial charge on any atom is 0.239 e. The molecule has 1 aliphatic rings. The highest BCUT2D eigenvalue weighted by molar-refractivity contribution is 5.84. The zero-order valence-corrected chi connectivity index (χ0v) is 16.2. The molecule has 0 saturated heterocycles. The summed E-state index contributed by atoms with van der Waals surface area (Å²) < 4.78 is 5.29. The van der Waals surface area contributed by atoms with Crippen LogP contribution in [0.3, 0.4) is 0 Å². The second-order valence-corrected chi connectivity index (χ2v) is 6.91. The van der Waals surface area contributed by atoms with Crippen LogP contribution in [0.2, 0.25) is 0 Å². The fourth-order valence-electron chi connectivity index (χ4n) is 3.42. The molecular weight excluding hydrogens is 338 g/mol. The zero-order valence-electron chi connectivity index (χ0n) is 16.2. The number of amides is 1. The van der Waals surface area contributed by atoms with Crippen molar-refractivity contribution in [2.24, 2.45) is 0 Å². The van der Waals surface area contributed by atoms with E-state index in [-0.39, 0.29) is 18.0 Å². The number of ether oxygens (including phenoxy) is 1. The maximum atomic E-state index is 13.0. The molecule has 0 spiro atoms. The molecule has 1 aliphatic heterocycles. The minimum Gasteiger partial charge on any atom is -0.497 e. The summed E-state index contributed by atoms with van der Waals surface area (Å²) in [6.07, 6.45) is 6.69. The Labute approximate surface area is 161 Å². The lowest BCUT2D eigenvalue weighted by molar-refractivity contribution is -0.132. The van der Waals surface area contributed by atoms with Gasteiger partial charge in [-0.1, -0.05) is 24.3 Å². The van der Waals surface area contributed by atoms with E-state index in [2.05, 4.69) is 23.3 Å². The number of methoxy groups -OCH3 is 1. The Hall–Kier alpha value is -2.66. The van der Waals surface area contributed by atoms with Crippen LogP contribution in [-0.2, 0) is 4.79 Å². The molecule has 2 aromatic rings. The summed E-state index contributed by atoms with van der Waals surface area (Å²) >= 11 is 0. The number of aromatic nitrogens is 1. The van der Waals surface area contributed by atoms with Crippen LogP contribution in [0.25, 0.3) is 5.57 Å². The van der Waals surface area contributed by atoms with Gasteiger partial charge in [-0.25, -0.2) is 0 Å². The van der Waals surface area contributed by atoms with Gasteiger partial charge in [0.05, 0.1) is 13.2 Å². The molecule has 0 saturated carbocycles. The van der Waals surface area contributed by atoms with Gasteiger partial charge in [0.25, 0.3) is 0 Å². The highest BCUT2D eigenvalue weighted by Crippen LogP contribution is 2.22. The van der Waals surface area contributed by atoms with Crippen LogP contribution in [0.15, 0.2) is 54.9 Å². The largest absolute Gasteiger partial charge is 0.497 e. The first-order valence-corrected chi connectivity index (χ1v) is 9.36. The predicted octanol–water partition coefficient (Wildman–Crippen LogP) is 3.45. The Kier molecular flexibility index (Phi) is 6.24. The molecule has 1 aromatic carbocycles. The monoisotopic (exact) mass is 365 g/mol. The number of pyridine rings is 1. The molecule has 3 rings (SSSR count). The van der Waals surface area contributed by atoms with Gasteiger partial charge in [0.2, 0.25) is 5.91 Å². The fraction of sp³-hybridized carbons (Fsp3) is 0.364. The van der Waals surface area contributed by atoms with Crippen molar-refractivity contribution in [3.05, 3.63) is 66.0 Å². The van der Waals surface area contributed by atoms with Crippen molar-refractivity contribution in [1.82, 2.24) is 15.2 Å². The molecule has 1 N–H and O–H groups in total. The van der Waals surface area contributed by atoms with E-state index in [1.54, 1.807) is 13.3 Å². The van der Waals surface area contributed by atoms with Crippen LogP contribution in [0.1, 0.15) is 37.4 Å². The van der Waals surface area contributed by atoms with Crippen molar-refractivity contribution >= 4 is 11.5 Å².